The van der Waals surface area contributed by atoms with Crippen molar-refractivity contribution in [1.29, 1.82) is 0 Å². The van der Waals surface area contributed by atoms with Crippen molar-refractivity contribution in [3.05, 3.63) is 45.3 Å². The number of benzene rings is 1. The summed E-state index contributed by atoms with van der Waals surface area (Å²) >= 11 is 12.6. The van der Waals surface area contributed by atoms with E-state index >= 15 is 0 Å². The molecule has 130 valence electrons. The fraction of sp³-hybridized carbons (Fsp3) is 0.250. The first kappa shape index (κ1) is 17.4. The first-order chi connectivity index (χ1) is 11.8. The van der Waals surface area contributed by atoms with Crippen molar-refractivity contribution < 1.29 is 14.4 Å². The average molecular weight is 381 g/mol. The molecular weight excluding hydrogens is 367 g/mol. The number of carbonyl (C=O) groups excluding carboxylic acids is 1. The molecule has 0 radical (unpaired) electrons. The molecule has 2 heterocycles. The van der Waals surface area contributed by atoms with Gasteiger partial charge in [0.05, 0.1) is 21.8 Å². The number of rotatable bonds is 4. The molecule has 25 heavy (non-hydrogen) atoms. The second kappa shape index (κ2) is 6.50. The van der Waals surface area contributed by atoms with Gasteiger partial charge in [-0.05, 0) is 12.1 Å². The van der Waals surface area contributed by atoms with Crippen molar-refractivity contribution in [2.75, 3.05) is 0 Å². The van der Waals surface area contributed by atoms with E-state index in [1.165, 1.54) is 30.1 Å². The van der Waals surface area contributed by atoms with E-state index in [1.807, 2.05) is 13.8 Å². The molecular formula is C16H14Cl2N4O3. The van der Waals surface area contributed by atoms with Crippen LogP contribution >= 0.6 is 23.2 Å². The SMILES string of the molecule is CC(C)c1noc(-c2c(Cl)ccc(C(=O)c3cnn(C)c3O)c2Cl)n1. The minimum atomic E-state index is -0.489. The Bertz CT molecular complexity index is 962. The summed E-state index contributed by atoms with van der Waals surface area (Å²) in [6.45, 7) is 3.84. The summed E-state index contributed by atoms with van der Waals surface area (Å²) in [5.41, 5.74) is 0.455. The van der Waals surface area contributed by atoms with Crippen LogP contribution in [0.2, 0.25) is 10.0 Å². The van der Waals surface area contributed by atoms with Gasteiger partial charge >= 0.3 is 0 Å². The Kier molecular flexibility index (Phi) is 4.53. The maximum atomic E-state index is 12.7. The molecule has 0 aliphatic carbocycles. The van der Waals surface area contributed by atoms with E-state index in [4.69, 9.17) is 27.7 Å². The molecule has 2 aromatic heterocycles. The van der Waals surface area contributed by atoms with Crippen LogP contribution in [0.25, 0.3) is 11.5 Å². The highest BCUT2D eigenvalue weighted by Crippen LogP contribution is 2.38. The van der Waals surface area contributed by atoms with Crippen molar-refractivity contribution >= 4 is 29.0 Å². The largest absolute Gasteiger partial charge is 0.493 e. The molecule has 0 amide bonds. The van der Waals surface area contributed by atoms with Gasteiger partial charge in [-0.15, -0.1) is 0 Å². The molecule has 0 atom stereocenters. The van der Waals surface area contributed by atoms with Crippen molar-refractivity contribution in [2.45, 2.75) is 19.8 Å². The van der Waals surface area contributed by atoms with E-state index in [2.05, 4.69) is 15.2 Å². The lowest BCUT2D eigenvalue weighted by Gasteiger charge is -2.08. The van der Waals surface area contributed by atoms with Crippen LogP contribution in [0, 0.1) is 0 Å². The fourth-order valence-corrected chi connectivity index (χ4v) is 2.85. The summed E-state index contributed by atoms with van der Waals surface area (Å²) in [5, 5.41) is 18.0. The van der Waals surface area contributed by atoms with Gasteiger partial charge in [-0.1, -0.05) is 42.2 Å². The number of aryl methyl sites for hydroxylation is 1. The number of ketones is 1. The molecule has 0 bridgehead atoms. The van der Waals surface area contributed by atoms with Crippen molar-refractivity contribution in [1.82, 2.24) is 19.9 Å². The maximum absolute atomic E-state index is 12.7. The van der Waals surface area contributed by atoms with Gasteiger partial charge in [0.2, 0.25) is 11.7 Å². The smallest absolute Gasteiger partial charge is 0.260 e. The molecule has 0 aliphatic heterocycles. The Morgan fingerprint density at radius 2 is 2.00 bits per heavy atom. The average Bonchev–Trinajstić information content (AvgIpc) is 3.16. The van der Waals surface area contributed by atoms with E-state index in [0.29, 0.717) is 5.82 Å². The highest BCUT2D eigenvalue weighted by atomic mass is 35.5. The predicted octanol–water partition coefficient (Wildman–Crippen LogP) is 3.84. The first-order valence-corrected chi connectivity index (χ1v) is 8.14. The van der Waals surface area contributed by atoms with E-state index < -0.39 is 5.78 Å². The molecule has 3 rings (SSSR count). The van der Waals surface area contributed by atoms with Crippen LogP contribution in [0.1, 0.15) is 41.5 Å². The fourth-order valence-electron chi connectivity index (χ4n) is 2.23. The lowest BCUT2D eigenvalue weighted by Crippen LogP contribution is -2.03. The van der Waals surface area contributed by atoms with Gasteiger partial charge in [0.25, 0.3) is 5.89 Å². The second-order valence-corrected chi connectivity index (χ2v) is 6.52. The van der Waals surface area contributed by atoms with Crippen molar-refractivity contribution in [3.8, 4) is 17.3 Å². The summed E-state index contributed by atoms with van der Waals surface area (Å²) < 4.78 is 6.42. The van der Waals surface area contributed by atoms with Gasteiger partial charge in [0, 0.05) is 18.5 Å². The van der Waals surface area contributed by atoms with Gasteiger partial charge in [-0.2, -0.15) is 10.1 Å². The number of hydrogen-bond acceptors (Lipinski definition) is 6. The molecule has 1 N–H and O–H groups in total. The lowest BCUT2D eigenvalue weighted by molar-refractivity contribution is 0.103. The first-order valence-electron chi connectivity index (χ1n) is 7.38. The molecule has 9 heteroatoms. The zero-order valence-corrected chi connectivity index (χ0v) is 15.1. The molecule has 0 saturated heterocycles. The molecule has 0 saturated carbocycles. The third kappa shape index (κ3) is 3.01. The number of aromatic hydroxyl groups is 1. The van der Waals surface area contributed by atoms with Crippen LogP contribution in [0.3, 0.4) is 0 Å². The van der Waals surface area contributed by atoms with Gasteiger partial charge < -0.3 is 9.63 Å². The van der Waals surface area contributed by atoms with Crippen LogP contribution in [0.5, 0.6) is 5.88 Å². The molecule has 1 aromatic carbocycles. The normalized spacial score (nSPS) is 11.3. The van der Waals surface area contributed by atoms with Crippen LogP contribution in [0.15, 0.2) is 22.9 Å². The standard InChI is InChI=1S/C16H14Cl2N4O3/c1-7(2)14-20-15(25-21-14)11-10(17)5-4-8(12(11)18)13(23)9-6-19-22(3)16(9)24/h4-7,24H,1-3H3. The summed E-state index contributed by atoms with van der Waals surface area (Å²) in [6.07, 6.45) is 1.27. The monoisotopic (exact) mass is 380 g/mol. The third-order valence-electron chi connectivity index (χ3n) is 3.66. The number of halogens is 2. The Balaban J connectivity index is 2.11. The third-order valence-corrected chi connectivity index (χ3v) is 4.37. The van der Waals surface area contributed by atoms with E-state index in [0.717, 1.165) is 0 Å². The summed E-state index contributed by atoms with van der Waals surface area (Å²) in [6, 6.07) is 2.99. The summed E-state index contributed by atoms with van der Waals surface area (Å²) in [5.74, 6) is -0.0469. The minimum absolute atomic E-state index is 0.0334. The molecule has 3 aromatic rings. The second-order valence-electron chi connectivity index (χ2n) is 5.73. The zero-order valence-electron chi connectivity index (χ0n) is 13.6. The number of hydrogen-bond donors (Lipinski definition) is 1. The topological polar surface area (TPSA) is 94.0 Å². The van der Waals surface area contributed by atoms with E-state index in [-0.39, 0.29) is 44.4 Å². The highest BCUT2D eigenvalue weighted by Gasteiger charge is 2.25. The zero-order chi connectivity index (χ0) is 18.3. The lowest BCUT2D eigenvalue weighted by atomic mass is 10.0. The molecule has 0 spiro atoms. The summed E-state index contributed by atoms with van der Waals surface area (Å²) in [4.78, 5) is 17.0. The van der Waals surface area contributed by atoms with Gasteiger partial charge in [0.15, 0.2) is 5.82 Å². The van der Waals surface area contributed by atoms with E-state index in [9.17, 15) is 9.90 Å². The molecule has 0 unspecified atom stereocenters. The predicted molar refractivity (Wildman–Crippen MR) is 92.1 cm³/mol. The van der Waals surface area contributed by atoms with Gasteiger partial charge in [-0.3, -0.25) is 4.79 Å². The Morgan fingerprint density at radius 3 is 2.56 bits per heavy atom. The number of nitrogens with zero attached hydrogens (tertiary/aromatic N) is 4. The quantitative estimate of drug-likeness (QED) is 0.691. The Labute approximate surface area is 153 Å². The van der Waals surface area contributed by atoms with Crippen molar-refractivity contribution in [3.63, 3.8) is 0 Å². The number of aromatic nitrogens is 4. The Morgan fingerprint density at radius 1 is 1.28 bits per heavy atom. The molecule has 0 fully saturated rings. The van der Waals surface area contributed by atoms with Crippen LogP contribution < -0.4 is 0 Å². The minimum Gasteiger partial charge on any atom is -0.493 e. The highest BCUT2D eigenvalue weighted by molar-refractivity contribution is 6.41. The van der Waals surface area contributed by atoms with Crippen LogP contribution in [-0.4, -0.2) is 30.8 Å². The molecule has 0 aliphatic rings. The Hall–Kier alpha value is -2.38. The summed E-state index contributed by atoms with van der Waals surface area (Å²) in [7, 11) is 1.52. The number of carbonyl (C=O) groups is 1. The van der Waals surface area contributed by atoms with Crippen LogP contribution in [0.4, 0.5) is 0 Å². The van der Waals surface area contributed by atoms with Crippen molar-refractivity contribution in [2.24, 2.45) is 7.05 Å². The van der Waals surface area contributed by atoms with Crippen LogP contribution in [-0.2, 0) is 7.05 Å². The maximum Gasteiger partial charge on any atom is 0.260 e. The van der Waals surface area contributed by atoms with Gasteiger partial charge in [-0.25, -0.2) is 4.68 Å². The molecule has 7 nitrogen and oxygen atoms in total. The van der Waals surface area contributed by atoms with E-state index in [1.54, 1.807) is 0 Å². The van der Waals surface area contributed by atoms with Gasteiger partial charge in [0.1, 0.15) is 5.56 Å².